The molecule has 0 saturated carbocycles. The van der Waals surface area contributed by atoms with Gasteiger partial charge < -0.3 is 10.4 Å². The summed E-state index contributed by atoms with van der Waals surface area (Å²) in [6.07, 6.45) is -1.94. The van der Waals surface area contributed by atoms with Gasteiger partial charge in [0, 0.05) is 23.9 Å². The number of rotatable bonds is 2. The number of anilines is 2. The number of aryl methyl sites for hydroxylation is 1. The highest BCUT2D eigenvalue weighted by atomic mass is 35.5. The van der Waals surface area contributed by atoms with E-state index in [9.17, 15) is 23.1 Å². The standard InChI is InChI=1S/C17H15ClF3N3O2/c18-14-4-2-10(7-13(14)17(19,20)21)23-16(26)24-15-12-8-11(25)3-1-9(12)5-6-22-15/h2,4-7,11,25H,1,3,8H2,(H2,22,23,24,26). The molecule has 3 rings (SSSR count). The molecule has 1 unspecified atom stereocenters. The first-order valence-corrected chi connectivity index (χ1v) is 8.21. The number of aliphatic hydroxyl groups excluding tert-OH is 1. The molecule has 3 N–H and O–H groups in total. The fraction of sp³-hybridized carbons (Fsp3) is 0.294. The van der Waals surface area contributed by atoms with E-state index in [0.717, 1.165) is 23.3 Å². The highest BCUT2D eigenvalue weighted by Crippen LogP contribution is 2.36. The van der Waals surface area contributed by atoms with Crippen LogP contribution < -0.4 is 10.6 Å². The summed E-state index contributed by atoms with van der Waals surface area (Å²) < 4.78 is 38.7. The Morgan fingerprint density at radius 2 is 2.04 bits per heavy atom. The Hall–Kier alpha value is -2.32. The zero-order chi connectivity index (χ0) is 18.9. The molecule has 0 spiro atoms. The topological polar surface area (TPSA) is 74.2 Å². The lowest BCUT2D eigenvalue weighted by atomic mass is 9.90. The third kappa shape index (κ3) is 4.08. The van der Waals surface area contributed by atoms with Crippen LogP contribution in [0.25, 0.3) is 0 Å². The molecular weight excluding hydrogens is 371 g/mol. The molecule has 1 aromatic carbocycles. The fourth-order valence-corrected chi connectivity index (χ4v) is 3.08. The van der Waals surface area contributed by atoms with Gasteiger partial charge in [-0.15, -0.1) is 0 Å². The predicted molar refractivity (Wildman–Crippen MR) is 91.4 cm³/mol. The van der Waals surface area contributed by atoms with Gasteiger partial charge in [0.05, 0.1) is 16.7 Å². The Morgan fingerprint density at radius 3 is 2.77 bits per heavy atom. The predicted octanol–water partition coefficient (Wildman–Crippen LogP) is 4.25. The summed E-state index contributed by atoms with van der Waals surface area (Å²) in [6, 6.07) is 4.19. The summed E-state index contributed by atoms with van der Waals surface area (Å²) in [5.41, 5.74) is 0.624. The van der Waals surface area contributed by atoms with Crippen LogP contribution in [-0.4, -0.2) is 22.2 Å². The number of nitrogens with one attached hydrogen (secondary N) is 2. The van der Waals surface area contributed by atoms with E-state index < -0.39 is 28.9 Å². The Morgan fingerprint density at radius 1 is 1.27 bits per heavy atom. The SMILES string of the molecule is O=C(Nc1ccc(Cl)c(C(F)(F)F)c1)Nc1nccc2c1CC(O)CC2. The maximum atomic E-state index is 12.9. The molecule has 0 saturated heterocycles. The smallest absolute Gasteiger partial charge is 0.393 e. The van der Waals surface area contributed by atoms with E-state index in [1.807, 2.05) is 6.07 Å². The van der Waals surface area contributed by atoms with Crippen LogP contribution in [0.1, 0.15) is 23.1 Å². The number of benzene rings is 1. The number of hydrogen-bond donors (Lipinski definition) is 3. The summed E-state index contributed by atoms with van der Waals surface area (Å²) in [6.45, 7) is 0. The molecule has 0 aliphatic heterocycles. The lowest BCUT2D eigenvalue weighted by molar-refractivity contribution is -0.137. The maximum absolute atomic E-state index is 12.9. The maximum Gasteiger partial charge on any atom is 0.417 e. The number of fused-ring (bicyclic) bond motifs is 1. The Kier molecular flexibility index (Phi) is 5.06. The van der Waals surface area contributed by atoms with Crippen LogP contribution in [0.2, 0.25) is 5.02 Å². The van der Waals surface area contributed by atoms with Crippen LogP contribution in [-0.2, 0) is 19.0 Å². The Balaban J connectivity index is 1.77. The van der Waals surface area contributed by atoms with E-state index in [0.29, 0.717) is 19.3 Å². The number of urea groups is 1. The van der Waals surface area contributed by atoms with Crippen molar-refractivity contribution in [2.45, 2.75) is 31.5 Å². The first-order chi connectivity index (χ1) is 12.2. The quantitative estimate of drug-likeness (QED) is 0.723. The van der Waals surface area contributed by atoms with Gasteiger partial charge in [-0.2, -0.15) is 13.2 Å². The molecule has 26 heavy (non-hydrogen) atoms. The number of carbonyl (C=O) groups is 1. The van der Waals surface area contributed by atoms with Crippen molar-refractivity contribution in [3.8, 4) is 0 Å². The number of aromatic nitrogens is 1. The van der Waals surface area contributed by atoms with E-state index >= 15 is 0 Å². The minimum absolute atomic E-state index is 0.0518. The van der Waals surface area contributed by atoms with Gasteiger partial charge >= 0.3 is 12.2 Å². The molecule has 1 heterocycles. The van der Waals surface area contributed by atoms with Crippen LogP contribution >= 0.6 is 11.6 Å². The molecule has 0 bridgehead atoms. The molecule has 1 aliphatic carbocycles. The number of amides is 2. The molecular formula is C17H15ClF3N3O2. The minimum atomic E-state index is -4.62. The van der Waals surface area contributed by atoms with Gasteiger partial charge in [0.2, 0.25) is 0 Å². The van der Waals surface area contributed by atoms with Gasteiger partial charge in [-0.3, -0.25) is 5.32 Å². The average molecular weight is 386 g/mol. The molecule has 0 radical (unpaired) electrons. The molecule has 1 atom stereocenters. The van der Waals surface area contributed by atoms with Gasteiger partial charge in [0.1, 0.15) is 5.82 Å². The summed E-state index contributed by atoms with van der Waals surface area (Å²) in [7, 11) is 0. The number of hydrogen-bond acceptors (Lipinski definition) is 3. The van der Waals surface area contributed by atoms with Crippen molar-refractivity contribution in [2.24, 2.45) is 0 Å². The summed E-state index contributed by atoms with van der Waals surface area (Å²) in [5.74, 6) is 0.281. The van der Waals surface area contributed by atoms with Crippen LogP contribution in [0.15, 0.2) is 30.5 Å². The number of aliphatic hydroxyl groups is 1. The fourth-order valence-electron chi connectivity index (χ4n) is 2.85. The Labute approximate surface area is 152 Å². The molecule has 9 heteroatoms. The van der Waals surface area contributed by atoms with Crippen molar-refractivity contribution >= 4 is 29.1 Å². The summed E-state index contributed by atoms with van der Waals surface area (Å²) in [5, 5.41) is 14.2. The van der Waals surface area contributed by atoms with Crippen molar-refractivity contribution in [1.29, 1.82) is 0 Å². The second-order valence-corrected chi connectivity index (χ2v) is 6.37. The molecule has 1 aromatic heterocycles. The zero-order valence-electron chi connectivity index (χ0n) is 13.4. The number of pyridine rings is 1. The largest absolute Gasteiger partial charge is 0.417 e. The monoisotopic (exact) mass is 385 g/mol. The first-order valence-electron chi connectivity index (χ1n) is 7.83. The van der Waals surface area contributed by atoms with E-state index in [1.165, 1.54) is 12.3 Å². The minimum Gasteiger partial charge on any atom is -0.393 e. The number of carbonyl (C=O) groups excluding carboxylic acids is 1. The molecule has 2 aromatic rings. The number of alkyl halides is 3. The summed E-state index contributed by atoms with van der Waals surface area (Å²) in [4.78, 5) is 16.3. The molecule has 138 valence electrons. The number of nitrogens with zero attached hydrogens (tertiary/aromatic N) is 1. The molecule has 0 fully saturated rings. The number of halogens is 4. The highest BCUT2D eigenvalue weighted by Gasteiger charge is 2.33. The van der Waals surface area contributed by atoms with Crippen LogP contribution in [0.5, 0.6) is 0 Å². The lowest BCUT2D eigenvalue weighted by Gasteiger charge is -2.22. The van der Waals surface area contributed by atoms with Gasteiger partial charge in [-0.25, -0.2) is 9.78 Å². The van der Waals surface area contributed by atoms with Crippen molar-refractivity contribution in [3.05, 3.63) is 52.2 Å². The zero-order valence-corrected chi connectivity index (χ0v) is 14.2. The van der Waals surface area contributed by atoms with Gasteiger partial charge in [0.15, 0.2) is 0 Å². The third-order valence-corrected chi connectivity index (χ3v) is 4.43. The van der Waals surface area contributed by atoms with E-state index in [4.69, 9.17) is 11.6 Å². The summed E-state index contributed by atoms with van der Waals surface area (Å²) >= 11 is 5.56. The van der Waals surface area contributed by atoms with Crippen molar-refractivity contribution in [1.82, 2.24) is 4.98 Å². The molecule has 1 aliphatic rings. The Bertz CT molecular complexity index is 842. The first kappa shape index (κ1) is 18.5. The van der Waals surface area contributed by atoms with Crippen LogP contribution in [0.4, 0.5) is 29.5 Å². The normalized spacial score (nSPS) is 16.7. The second kappa shape index (κ2) is 7.13. The van der Waals surface area contributed by atoms with Crippen molar-refractivity contribution in [3.63, 3.8) is 0 Å². The van der Waals surface area contributed by atoms with E-state index in [2.05, 4.69) is 15.6 Å². The van der Waals surface area contributed by atoms with Crippen molar-refractivity contribution in [2.75, 3.05) is 10.6 Å². The van der Waals surface area contributed by atoms with E-state index in [1.54, 1.807) is 0 Å². The van der Waals surface area contributed by atoms with Gasteiger partial charge in [-0.05, 0) is 42.7 Å². The van der Waals surface area contributed by atoms with Crippen LogP contribution in [0.3, 0.4) is 0 Å². The highest BCUT2D eigenvalue weighted by molar-refractivity contribution is 6.31. The third-order valence-electron chi connectivity index (χ3n) is 4.10. The lowest BCUT2D eigenvalue weighted by Crippen LogP contribution is -2.25. The second-order valence-electron chi connectivity index (χ2n) is 5.97. The molecule has 2 amide bonds. The van der Waals surface area contributed by atoms with Gasteiger partial charge in [-0.1, -0.05) is 11.6 Å². The van der Waals surface area contributed by atoms with Crippen molar-refractivity contribution < 1.29 is 23.1 Å². The van der Waals surface area contributed by atoms with Gasteiger partial charge in [0.25, 0.3) is 0 Å². The van der Waals surface area contributed by atoms with E-state index in [-0.39, 0.29) is 11.5 Å². The van der Waals surface area contributed by atoms with Crippen LogP contribution in [0, 0.1) is 0 Å². The average Bonchev–Trinajstić information content (AvgIpc) is 2.56. The molecule has 5 nitrogen and oxygen atoms in total.